The number of hydrogen-bond donors (Lipinski definition) is 1. The Labute approximate surface area is 129 Å². The van der Waals surface area contributed by atoms with Crippen molar-refractivity contribution in [2.45, 2.75) is 6.92 Å². The molecule has 1 N–H and O–H groups in total. The van der Waals surface area contributed by atoms with Gasteiger partial charge in [0, 0.05) is 23.1 Å². The van der Waals surface area contributed by atoms with Gasteiger partial charge in [0.1, 0.15) is 16.0 Å². The van der Waals surface area contributed by atoms with Crippen LogP contribution in [0.3, 0.4) is 0 Å². The first-order valence-electron chi connectivity index (χ1n) is 6.78. The molecule has 0 fully saturated rings. The van der Waals surface area contributed by atoms with Gasteiger partial charge in [-0.3, -0.25) is 4.79 Å². The van der Waals surface area contributed by atoms with Gasteiger partial charge in [-0.1, -0.05) is 30.3 Å². The second-order valence-corrected chi connectivity index (χ2v) is 5.96. The Morgan fingerprint density at radius 3 is 2.73 bits per heavy atom. The maximum atomic E-state index is 12.3. The van der Waals surface area contributed by atoms with Crippen molar-refractivity contribution in [1.82, 2.24) is 0 Å². The van der Waals surface area contributed by atoms with Crippen LogP contribution in [-0.2, 0) is 4.79 Å². The van der Waals surface area contributed by atoms with E-state index in [0.717, 1.165) is 21.5 Å². The highest BCUT2D eigenvalue weighted by atomic mass is 32.1. The summed E-state index contributed by atoms with van der Waals surface area (Å²) in [6.07, 6.45) is 0. The van der Waals surface area contributed by atoms with E-state index >= 15 is 0 Å². The minimum absolute atomic E-state index is 0.207. The van der Waals surface area contributed by atoms with Crippen molar-refractivity contribution in [2.24, 2.45) is 0 Å². The van der Waals surface area contributed by atoms with Crippen molar-refractivity contribution in [3.8, 4) is 0 Å². The molecule has 2 aromatic heterocycles. The minimum atomic E-state index is -0.428. The molecule has 0 saturated carbocycles. The van der Waals surface area contributed by atoms with Crippen molar-refractivity contribution in [3.05, 3.63) is 52.2 Å². The number of fused-ring (bicyclic) bond motifs is 5. The third-order valence-electron chi connectivity index (χ3n) is 3.65. The smallest absolute Gasteiger partial charge is 0.347 e. The maximum absolute atomic E-state index is 12.3. The molecule has 0 aliphatic carbocycles. The average Bonchev–Trinajstić information content (AvgIpc) is 2.90. The summed E-state index contributed by atoms with van der Waals surface area (Å²) in [5.41, 5.74) is 0.131. The summed E-state index contributed by atoms with van der Waals surface area (Å²) >= 11 is 1.34. The van der Waals surface area contributed by atoms with Crippen LogP contribution >= 0.6 is 11.3 Å². The molecule has 1 amide bonds. The van der Waals surface area contributed by atoms with E-state index in [9.17, 15) is 9.59 Å². The van der Waals surface area contributed by atoms with Gasteiger partial charge in [-0.25, -0.2) is 4.79 Å². The van der Waals surface area contributed by atoms with Gasteiger partial charge < -0.3 is 9.73 Å². The van der Waals surface area contributed by atoms with Crippen molar-refractivity contribution in [2.75, 3.05) is 5.32 Å². The first-order chi connectivity index (χ1) is 10.6. The van der Waals surface area contributed by atoms with Crippen LogP contribution in [0.2, 0.25) is 0 Å². The number of carbonyl (C=O) groups is 1. The highest BCUT2D eigenvalue weighted by Gasteiger charge is 2.16. The molecule has 4 rings (SSSR count). The van der Waals surface area contributed by atoms with E-state index in [2.05, 4.69) is 5.32 Å². The molecule has 0 spiro atoms. The Kier molecular flexibility index (Phi) is 2.77. The maximum Gasteiger partial charge on any atom is 0.347 e. The Bertz CT molecular complexity index is 1110. The van der Waals surface area contributed by atoms with Crippen LogP contribution in [0.5, 0.6) is 0 Å². The fraction of sp³-hybridized carbons (Fsp3) is 0.0588. The molecule has 108 valence electrons. The molecule has 0 aliphatic rings. The fourth-order valence-corrected chi connectivity index (χ4v) is 3.75. The van der Waals surface area contributed by atoms with E-state index in [4.69, 9.17) is 4.42 Å². The van der Waals surface area contributed by atoms with E-state index in [1.807, 2.05) is 41.8 Å². The number of amides is 1. The van der Waals surface area contributed by atoms with E-state index in [1.165, 1.54) is 18.3 Å². The molecule has 0 unspecified atom stereocenters. The van der Waals surface area contributed by atoms with Crippen molar-refractivity contribution in [1.29, 1.82) is 0 Å². The lowest BCUT2D eigenvalue weighted by molar-refractivity contribution is -0.114. The molecule has 0 radical (unpaired) electrons. The third kappa shape index (κ3) is 1.83. The minimum Gasteiger partial charge on any atom is -0.422 e. The van der Waals surface area contributed by atoms with Gasteiger partial charge in [-0.2, -0.15) is 0 Å². The Morgan fingerprint density at radius 1 is 1.09 bits per heavy atom. The number of hydrogen-bond acceptors (Lipinski definition) is 4. The second kappa shape index (κ2) is 4.68. The highest BCUT2D eigenvalue weighted by molar-refractivity contribution is 7.16. The summed E-state index contributed by atoms with van der Waals surface area (Å²) < 4.78 is 5.46. The monoisotopic (exact) mass is 309 g/mol. The van der Waals surface area contributed by atoms with Crippen LogP contribution in [0.25, 0.3) is 32.5 Å². The van der Waals surface area contributed by atoms with E-state index < -0.39 is 5.63 Å². The molecule has 22 heavy (non-hydrogen) atoms. The first kappa shape index (κ1) is 13.0. The SMILES string of the molecule is CC(=O)Nc1scc2c1c(=O)oc1ccc3ccccc3c12. The number of rotatable bonds is 1. The zero-order valence-corrected chi connectivity index (χ0v) is 12.5. The molecular weight excluding hydrogens is 298 g/mol. The second-order valence-electron chi connectivity index (χ2n) is 5.08. The molecule has 0 saturated heterocycles. The number of thiophene rings is 1. The molecule has 4 aromatic rings. The van der Waals surface area contributed by atoms with E-state index in [-0.39, 0.29) is 5.91 Å². The highest BCUT2D eigenvalue weighted by Crippen LogP contribution is 2.36. The molecule has 5 heteroatoms. The quantitative estimate of drug-likeness (QED) is 0.425. The molecule has 0 aliphatic heterocycles. The van der Waals surface area contributed by atoms with Gasteiger partial charge >= 0.3 is 5.63 Å². The number of carbonyl (C=O) groups excluding carboxylic acids is 1. The molecular formula is C17H11NO3S. The molecule has 2 heterocycles. The van der Waals surface area contributed by atoms with E-state index in [0.29, 0.717) is 16.0 Å². The normalized spacial score (nSPS) is 11.3. The van der Waals surface area contributed by atoms with E-state index in [1.54, 1.807) is 0 Å². The lowest BCUT2D eigenvalue weighted by Gasteiger charge is -2.04. The number of benzene rings is 2. The predicted octanol–water partition coefficient (Wildman–Crippen LogP) is 4.12. The molecule has 0 atom stereocenters. The third-order valence-corrected chi connectivity index (χ3v) is 4.54. The Balaban J connectivity index is 2.22. The number of nitrogens with one attached hydrogen (secondary N) is 1. The largest absolute Gasteiger partial charge is 0.422 e. The van der Waals surface area contributed by atoms with Crippen molar-refractivity contribution < 1.29 is 9.21 Å². The predicted molar refractivity (Wildman–Crippen MR) is 89.7 cm³/mol. The summed E-state index contributed by atoms with van der Waals surface area (Å²) in [5, 5.41) is 9.39. The summed E-state index contributed by atoms with van der Waals surface area (Å²) in [4.78, 5) is 23.6. The Hall–Kier alpha value is -2.66. The van der Waals surface area contributed by atoms with Gasteiger partial charge in [0.25, 0.3) is 0 Å². The zero-order valence-electron chi connectivity index (χ0n) is 11.7. The van der Waals surface area contributed by atoms with Crippen molar-refractivity contribution >= 4 is 54.8 Å². The van der Waals surface area contributed by atoms with Gasteiger partial charge in [-0.05, 0) is 16.8 Å². The van der Waals surface area contributed by atoms with Crippen LogP contribution in [0.15, 0.2) is 51.0 Å². The van der Waals surface area contributed by atoms with Gasteiger partial charge in [0.15, 0.2) is 0 Å². The Morgan fingerprint density at radius 2 is 1.91 bits per heavy atom. The van der Waals surface area contributed by atoms with Crippen molar-refractivity contribution in [3.63, 3.8) is 0 Å². The summed E-state index contributed by atoms with van der Waals surface area (Å²) in [7, 11) is 0. The molecule has 4 nitrogen and oxygen atoms in total. The van der Waals surface area contributed by atoms with Gasteiger partial charge in [0.2, 0.25) is 5.91 Å². The topological polar surface area (TPSA) is 59.3 Å². The van der Waals surface area contributed by atoms with Gasteiger partial charge in [0.05, 0.1) is 0 Å². The summed E-state index contributed by atoms with van der Waals surface area (Å²) in [6.45, 7) is 1.42. The van der Waals surface area contributed by atoms with Crippen LogP contribution < -0.4 is 10.9 Å². The summed E-state index contributed by atoms with van der Waals surface area (Å²) in [6, 6.07) is 11.7. The lowest BCUT2D eigenvalue weighted by atomic mass is 10.0. The lowest BCUT2D eigenvalue weighted by Crippen LogP contribution is -2.07. The summed E-state index contributed by atoms with van der Waals surface area (Å²) in [5.74, 6) is -0.207. The van der Waals surface area contributed by atoms with Gasteiger partial charge in [-0.15, -0.1) is 11.3 Å². The average molecular weight is 309 g/mol. The standard InChI is InChI=1S/C17H11NO3S/c1-9(19)18-16-15-12(8-22-16)14-11-5-3-2-4-10(11)6-7-13(14)21-17(15)20/h2-8H,1H3,(H,18,19). The van der Waals surface area contributed by atoms with Crippen LogP contribution in [0.4, 0.5) is 5.00 Å². The first-order valence-corrected chi connectivity index (χ1v) is 7.66. The van der Waals surface area contributed by atoms with Crippen LogP contribution in [-0.4, -0.2) is 5.91 Å². The number of anilines is 1. The van der Waals surface area contributed by atoms with Crippen LogP contribution in [0.1, 0.15) is 6.92 Å². The molecule has 2 aromatic carbocycles. The fourth-order valence-electron chi connectivity index (χ4n) is 2.76. The zero-order chi connectivity index (χ0) is 15.3. The van der Waals surface area contributed by atoms with Crippen LogP contribution in [0, 0.1) is 0 Å². The molecule has 0 bridgehead atoms.